The van der Waals surface area contributed by atoms with Crippen LogP contribution < -0.4 is 4.74 Å². The fourth-order valence-electron chi connectivity index (χ4n) is 1.67. The van der Waals surface area contributed by atoms with Gasteiger partial charge < -0.3 is 13.9 Å². The molecule has 0 saturated carbocycles. The van der Waals surface area contributed by atoms with Gasteiger partial charge in [-0.2, -0.15) is 0 Å². The van der Waals surface area contributed by atoms with Gasteiger partial charge in [0.2, 0.25) is 0 Å². The summed E-state index contributed by atoms with van der Waals surface area (Å²) in [6, 6.07) is 7.34. The van der Waals surface area contributed by atoms with Gasteiger partial charge in [-0.05, 0) is 12.1 Å². The molecule has 1 aliphatic rings. The zero-order chi connectivity index (χ0) is 11.8. The maximum Gasteiger partial charge on any atom is 0.194 e. The van der Waals surface area contributed by atoms with Crippen LogP contribution in [0.15, 0.2) is 28.7 Å². The van der Waals surface area contributed by atoms with Crippen molar-refractivity contribution in [3.05, 3.63) is 30.0 Å². The van der Waals surface area contributed by atoms with Gasteiger partial charge in [-0.15, -0.1) is 0 Å². The van der Waals surface area contributed by atoms with Crippen molar-refractivity contribution in [3.63, 3.8) is 0 Å². The molecule has 2 aromatic rings. The molecule has 88 valence electrons. The summed E-state index contributed by atoms with van der Waals surface area (Å²) in [6.45, 7) is 2.76. The predicted molar refractivity (Wildman–Crippen MR) is 61.5 cm³/mol. The second-order valence-corrected chi connectivity index (χ2v) is 4.11. The highest BCUT2D eigenvalue weighted by Crippen LogP contribution is 2.29. The Hall–Kier alpha value is -1.81. The molecule has 1 aliphatic heterocycles. The second kappa shape index (κ2) is 3.89. The molecular formula is C13H12O4. The Morgan fingerprint density at radius 2 is 2.35 bits per heavy atom. The van der Waals surface area contributed by atoms with Crippen LogP contribution in [-0.4, -0.2) is 25.1 Å². The number of hydrogen-bond donors (Lipinski definition) is 0. The van der Waals surface area contributed by atoms with E-state index in [0.717, 1.165) is 12.0 Å². The molecule has 1 saturated heterocycles. The number of ketones is 1. The van der Waals surface area contributed by atoms with Crippen LogP contribution in [0.5, 0.6) is 5.75 Å². The summed E-state index contributed by atoms with van der Waals surface area (Å²) in [7, 11) is 0. The van der Waals surface area contributed by atoms with Crippen LogP contribution >= 0.6 is 0 Å². The molecule has 1 aromatic heterocycles. The van der Waals surface area contributed by atoms with Crippen LogP contribution in [0.25, 0.3) is 11.0 Å². The third-order valence-electron chi connectivity index (χ3n) is 2.68. The van der Waals surface area contributed by atoms with Crippen molar-refractivity contribution in [2.75, 3.05) is 13.2 Å². The first kappa shape index (κ1) is 10.4. The SMILES string of the molecule is CC(=O)c1cc2cccc(OCC3CO3)c2o1. The molecule has 0 N–H and O–H groups in total. The highest BCUT2D eigenvalue weighted by atomic mass is 16.6. The minimum Gasteiger partial charge on any atom is -0.487 e. The lowest BCUT2D eigenvalue weighted by Crippen LogP contribution is -2.03. The Kier molecular flexibility index (Phi) is 2.37. The monoisotopic (exact) mass is 232 g/mol. The molecule has 1 aromatic carbocycles. The molecule has 1 fully saturated rings. The van der Waals surface area contributed by atoms with E-state index in [1.807, 2.05) is 18.2 Å². The summed E-state index contributed by atoms with van der Waals surface area (Å²) in [5.41, 5.74) is 0.623. The molecule has 1 unspecified atom stereocenters. The van der Waals surface area contributed by atoms with E-state index in [9.17, 15) is 4.79 Å². The number of rotatable bonds is 4. The normalized spacial score (nSPS) is 18.3. The number of Topliss-reactive ketones (excluding diaryl/α,β-unsaturated/α-hetero) is 1. The lowest BCUT2D eigenvalue weighted by molar-refractivity contribution is 0.0989. The summed E-state index contributed by atoms with van der Waals surface area (Å²) in [4.78, 5) is 11.2. The van der Waals surface area contributed by atoms with Crippen molar-refractivity contribution in [3.8, 4) is 5.75 Å². The van der Waals surface area contributed by atoms with Crippen LogP contribution in [0.2, 0.25) is 0 Å². The Morgan fingerprint density at radius 1 is 1.53 bits per heavy atom. The topological polar surface area (TPSA) is 52.0 Å². The summed E-state index contributed by atoms with van der Waals surface area (Å²) < 4.78 is 16.2. The Morgan fingerprint density at radius 3 is 3.06 bits per heavy atom. The van der Waals surface area contributed by atoms with Crippen LogP contribution in [0.1, 0.15) is 17.5 Å². The maximum atomic E-state index is 11.2. The Bertz CT molecular complexity index is 566. The summed E-state index contributed by atoms with van der Waals surface area (Å²) in [5.74, 6) is 0.932. The molecule has 0 bridgehead atoms. The molecule has 0 aliphatic carbocycles. The Balaban J connectivity index is 1.95. The highest BCUT2D eigenvalue weighted by Gasteiger charge is 2.23. The molecule has 17 heavy (non-hydrogen) atoms. The van der Waals surface area contributed by atoms with Crippen molar-refractivity contribution >= 4 is 16.8 Å². The number of para-hydroxylation sites is 1. The smallest absolute Gasteiger partial charge is 0.194 e. The van der Waals surface area contributed by atoms with Gasteiger partial charge in [-0.25, -0.2) is 0 Å². The van der Waals surface area contributed by atoms with Crippen LogP contribution in [0.3, 0.4) is 0 Å². The first-order chi connectivity index (χ1) is 8.24. The quantitative estimate of drug-likeness (QED) is 0.600. The minimum atomic E-state index is -0.0855. The minimum absolute atomic E-state index is 0.0855. The van der Waals surface area contributed by atoms with E-state index in [1.54, 1.807) is 6.07 Å². The Labute approximate surface area is 98.1 Å². The van der Waals surface area contributed by atoms with Gasteiger partial charge >= 0.3 is 0 Å². The predicted octanol–water partition coefficient (Wildman–Crippen LogP) is 2.41. The van der Waals surface area contributed by atoms with Crippen LogP contribution in [0, 0.1) is 0 Å². The third-order valence-corrected chi connectivity index (χ3v) is 2.68. The standard InChI is InChI=1S/C13H12O4/c1-8(14)12-5-9-3-2-4-11(13(9)17-12)16-7-10-6-15-10/h2-5,10H,6-7H2,1H3. The third kappa shape index (κ3) is 2.03. The van der Waals surface area contributed by atoms with Crippen molar-refractivity contribution in [2.24, 2.45) is 0 Å². The van der Waals surface area contributed by atoms with Gasteiger partial charge in [0.05, 0.1) is 6.61 Å². The average Bonchev–Trinajstić information content (AvgIpc) is 3.02. The molecule has 4 heteroatoms. The number of furan rings is 1. The van der Waals surface area contributed by atoms with Crippen LogP contribution in [0.4, 0.5) is 0 Å². The zero-order valence-electron chi connectivity index (χ0n) is 9.43. The first-order valence-electron chi connectivity index (χ1n) is 5.52. The molecule has 4 nitrogen and oxygen atoms in total. The number of carbonyl (C=O) groups is 1. The van der Waals surface area contributed by atoms with E-state index in [1.165, 1.54) is 6.92 Å². The van der Waals surface area contributed by atoms with Crippen LogP contribution in [-0.2, 0) is 4.74 Å². The van der Waals surface area contributed by atoms with E-state index >= 15 is 0 Å². The summed E-state index contributed by atoms with van der Waals surface area (Å²) in [5, 5.41) is 0.879. The molecule has 2 heterocycles. The van der Waals surface area contributed by atoms with Crippen molar-refractivity contribution < 1.29 is 18.7 Å². The van der Waals surface area contributed by atoms with Crippen molar-refractivity contribution in [1.29, 1.82) is 0 Å². The maximum absolute atomic E-state index is 11.2. The number of hydrogen-bond acceptors (Lipinski definition) is 4. The van der Waals surface area contributed by atoms with Crippen molar-refractivity contribution in [1.82, 2.24) is 0 Å². The largest absolute Gasteiger partial charge is 0.487 e. The first-order valence-corrected chi connectivity index (χ1v) is 5.52. The number of benzene rings is 1. The average molecular weight is 232 g/mol. The van der Waals surface area contributed by atoms with E-state index in [2.05, 4.69) is 0 Å². The molecule has 0 amide bonds. The fourth-order valence-corrected chi connectivity index (χ4v) is 1.67. The van der Waals surface area contributed by atoms with Gasteiger partial charge in [0.1, 0.15) is 12.7 Å². The summed E-state index contributed by atoms with van der Waals surface area (Å²) >= 11 is 0. The van der Waals surface area contributed by atoms with Gasteiger partial charge in [0, 0.05) is 12.3 Å². The lowest BCUT2D eigenvalue weighted by Gasteiger charge is -2.03. The van der Waals surface area contributed by atoms with E-state index in [-0.39, 0.29) is 11.9 Å². The number of epoxide rings is 1. The molecule has 0 radical (unpaired) electrons. The lowest BCUT2D eigenvalue weighted by atomic mass is 10.2. The molecule has 1 atom stereocenters. The molecular weight excluding hydrogens is 220 g/mol. The highest BCUT2D eigenvalue weighted by molar-refractivity contribution is 5.97. The van der Waals surface area contributed by atoms with E-state index in [0.29, 0.717) is 23.7 Å². The van der Waals surface area contributed by atoms with Gasteiger partial charge in [-0.1, -0.05) is 12.1 Å². The van der Waals surface area contributed by atoms with Gasteiger partial charge in [0.15, 0.2) is 22.9 Å². The number of fused-ring (bicyclic) bond motifs is 1. The molecule has 3 rings (SSSR count). The van der Waals surface area contributed by atoms with E-state index < -0.39 is 0 Å². The zero-order valence-corrected chi connectivity index (χ0v) is 9.43. The molecule has 0 spiro atoms. The van der Waals surface area contributed by atoms with Gasteiger partial charge in [0.25, 0.3) is 0 Å². The van der Waals surface area contributed by atoms with Crippen molar-refractivity contribution in [2.45, 2.75) is 13.0 Å². The fraction of sp³-hybridized carbons (Fsp3) is 0.308. The number of ether oxygens (including phenoxy) is 2. The number of carbonyl (C=O) groups excluding carboxylic acids is 1. The van der Waals surface area contributed by atoms with E-state index in [4.69, 9.17) is 13.9 Å². The second-order valence-electron chi connectivity index (χ2n) is 4.11. The van der Waals surface area contributed by atoms with Gasteiger partial charge in [-0.3, -0.25) is 4.79 Å². The summed E-state index contributed by atoms with van der Waals surface area (Å²) in [6.07, 6.45) is 0.201.